The summed E-state index contributed by atoms with van der Waals surface area (Å²) in [4.78, 5) is 31.7. The van der Waals surface area contributed by atoms with Gasteiger partial charge in [-0.05, 0) is 50.6 Å². The molecule has 7 heteroatoms. The Morgan fingerprint density at radius 2 is 1.88 bits per heavy atom. The summed E-state index contributed by atoms with van der Waals surface area (Å²) in [5.74, 6) is 0.871. The van der Waals surface area contributed by atoms with Gasteiger partial charge < -0.3 is 4.74 Å². The number of rotatable bonds is 9. The third kappa shape index (κ3) is 5.16. The lowest BCUT2D eigenvalue weighted by Crippen LogP contribution is -2.23. The van der Waals surface area contributed by atoms with Gasteiger partial charge in [-0.15, -0.1) is 17.9 Å². The van der Waals surface area contributed by atoms with Crippen LogP contribution in [-0.2, 0) is 6.54 Å². The maximum atomic E-state index is 13.5. The first-order valence-corrected chi connectivity index (χ1v) is 12.9. The van der Waals surface area contributed by atoms with Gasteiger partial charge in [0.2, 0.25) is 0 Å². The van der Waals surface area contributed by atoms with Gasteiger partial charge in [-0.2, -0.15) is 0 Å². The van der Waals surface area contributed by atoms with Crippen LogP contribution in [0.4, 0.5) is 0 Å². The smallest absolute Gasteiger partial charge is 0.263 e. The molecule has 0 saturated heterocycles. The van der Waals surface area contributed by atoms with E-state index in [-0.39, 0.29) is 23.2 Å². The highest BCUT2D eigenvalue weighted by molar-refractivity contribution is 7.99. The zero-order valence-corrected chi connectivity index (χ0v) is 21.0. The van der Waals surface area contributed by atoms with Crippen molar-refractivity contribution in [3.05, 3.63) is 88.0 Å². The summed E-state index contributed by atoms with van der Waals surface area (Å²) in [6, 6.07) is 15.2. The molecule has 2 aromatic heterocycles. The number of thioether (sulfide) groups is 1. The van der Waals surface area contributed by atoms with Crippen LogP contribution in [0.3, 0.4) is 0 Å². The van der Waals surface area contributed by atoms with Crippen molar-refractivity contribution < 1.29 is 9.53 Å². The normalized spacial score (nSPS) is 11.2. The topological polar surface area (TPSA) is 61.2 Å². The number of ketones is 1. The van der Waals surface area contributed by atoms with Gasteiger partial charge in [0.05, 0.1) is 17.2 Å². The largest absolute Gasteiger partial charge is 0.491 e. The third-order valence-electron chi connectivity index (χ3n) is 5.21. The van der Waals surface area contributed by atoms with Gasteiger partial charge in [0.1, 0.15) is 10.6 Å². The Morgan fingerprint density at radius 3 is 2.53 bits per heavy atom. The van der Waals surface area contributed by atoms with Gasteiger partial charge in [0.15, 0.2) is 10.9 Å². The predicted octanol–water partition coefficient (Wildman–Crippen LogP) is 6.38. The average molecular weight is 491 g/mol. The van der Waals surface area contributed by atoms with E-state index in [1.165, 1.54) is 23.1 Å². The highest BCUT2D eigenvalue weighted by Crippen LogP contribution is 2.32. The molecule has 0 spiro atoms. The molecule has 2 heterocycles. The van der Waals surface area contributed by atoms with Crippen molar-refractivity contribution >= 4 is 39.1 Å². The highest BCUT2D eigenvalue weighted by Gasteiger charge is 2.18. The van der Waals surface area contributed by atoms with E-state index >= 15 is 0 Å². The fraction of sp³-hybridized carbons (Fsp3) is 0.222. The number of aromatic nitrogens is 2. The van der Waals surface area contributed by atoms with E-state index in [4.69, 9.17) is 9.72 Å². The lowest BCUT2D eigenvalue weighted by molar-refractivity contribution is 0.102. The number of hydrogen-bond acceptors (Lipinski definition) is 6. The third-order valence-corrected chi connectivity index (χ3v) is 7.06. The molecule has 0 unspecified atom stereocenters. The van der Waals surface area contributed by atoms with E-state index in [1.54, 1.807) is 34.9 Å². The molecule has 34 heavy (non-hydrogen) atoms. The van der Waals surface area contributed by atoms with Gasteiger partial charge in [0, 0.05) is 23.1 Å². The summed E-state index contributed by atoms with van der Waals surface area (Å²) in [5.41, 5.74) is 3.51. The zero-order chi connectivity index (χ0) is 24.2. The molecular weight excluding hydrogens is 464 g/mol. The first-order valence-electron chi connectivity index (χ1n) is 11.0. The number of thiophene rings is 1. The van der Waals surface area contributed by atoms with E-state index in [1.807, 2.05) is 50.4 Å². The van der Waals surface area contributed by atoms with Crippen LogP contribution < -0.4 is 10.3 Å². The van der Waals surface area contributed by atoms with Gasteiger partial charge >= 0.3 is 0 Å². The maximum absolute atomic E-state index is 13.5. The summed E-state index contributed by atoms with van der Waals surface area (Å²) >= 11 is 2.71. The number of hydrogen-bond donors (Lipinski definition) is 0. The number of allylic oxidation sites excluding steroid dienone is 1. The number of aryl methyl sites for hydroxylation is 1. The molecular formula is C27H26N2O3S2. The van der Waals surface area contributed by atoms with Crippen molar-refractivity contribution in [3.63, 3.8) is 0 Å². The Hall–Kier alpha value is -3.16. The minimum absolute atomic E-state index is 0.0351. The van der Waals surface area contributed by atoms with E-state index in [0.29, 0.717) is 27.5 Å². The van der Waals surface area contributed by atoms with Crippen molar-refractivity contribution in [2.45, 2.75) is 38.6 Å². The number of ether oxygens (including phenoxy) is 1. The van der Waals surface area contributed by atoms with E-state index in [2.05, 4.69) is 6.58 Å². The number of fused-ring (bicyclic) bond motifs is 1. The summed E-state index contributed by atoms with van der Waals surface area (Å²) in [7, 11) is 0. The second-order valence-electron chi connectivity index (χ2n) is 8.20. The second-order valence-corrected chi connectivity index (χ2v) is 10.00. The molecule has 2 aromatic carbocycles. The number of benzene rings is 2. The molecule has 5 nitrogen and oxygen atoms in total. The fourth-order valence-electron chi connectivity index (χ4n) is 3.56. The molecule has 0 amide bonds. The molecule has 4 rings (SSSR count). The summed E-state index contributed by atoms with van der Waals surface area (Å²) in [5, 5.41) is 3.09. The van der Waals surface area contributed by atoms with Crippen LogP contribution in [0.25, 0.3) is 21.3 Å². The predicted molar refractivity (Wildman–Crippen MR) is 142 cm³/mol. The molecule has 174 valence electrons. The monoisotopic (exact) mass is 490 g/mol. The first-order chi connectivity index (χ1) is 16.4. The number of carbonyl (C=O) groups excluding carboxylic acids is 1. The van der Waals surface area contributed by atoms with Gasteiger partial charge in [-0.25, -0.2) is 4.98 Å². The molecule has 0 N–H and O–H groups in total. The SMILES string of the molecule is C=CCn1c(SCC(=O)c2ccc(OC(C)C)cc2)nc2scc(-c3ccc(C)cc3)c2c1=O. The average Bonchev–Trinajstić information content (AvgIpc) is 3.24. The standard InChI is InChI=1S/C27H26N2O3S2/c1-5-14-29-26(31)24-22(19-8-6-18(4)7-9-19)15-33-25(24)28-27(29)34-16-23(30)20-10-12-21(13-11-20)32-17(2)3/h5-13,15,17H,1,14,16H2,2-4H3. The highest BCUT2D eigenvalue weighted by atomic mass is 32.2. The minimum atomic E-state index is -0.119. The Balaban J connectivity index is 1.61. The molecule has 0 saturated carbocycles. The van der Waals surface area contributed by atoms with E-state index in [0.717, 1.165) is 22.4 Å². The van der Waals surface area contributed by atoms with Crippen molar-refractivity contribution in [2.24, 2.45) is 0 Å². The van der Waals surface area contributed by atoms with E-state index < -0.39 is 0 Å². The molecule has 0 bridgehead atoms. The van der Waals surface area contributed by atoms with Crippen LogP contribution in [0.5, 0.6) is 5.75 Å². The lowest BCUT2D eigenvalue weighted by Gasteiger charge is -2.11. The Morgan fingerprint density at radius 1 is 1.18 bits per heavy atom. The van der Waals surface area contributed by atoms with Gasteiger partial charge in [-0.1, -0.05) is 47.7 Å². The van der Waals surface area contributed by atoms with Crippen molar-refractivity contribution in [1.29, 1.82) is 0 Å². The number of Topliss-reactive ketones (excluding diaryl/α,β-unsaturated/α-hetero) is 1. The fourth-order valence-corrected chi connectivity index (χ4v) is 5.45. The maximum Gasteiger partial charge on any atom is 0.263 e. The Kier molecular flexibility index (Phi) is 7.34. The zero-order valence-electron chi connectivity index (χ0n) is 19.4. The second kappa shape index (κ2) is 10.4. The number of carbonyl (C=O) groups is 1. The minimum Gasteiger partial charge on any atom is -0.491 e. The van der Waals surface area contributed by atoms with Crippen molar-refractivity contribution in [3.8, 4) is 16.9 Å². The van der Waals surface area contributed by atoms with Crippen LogP contribution in [0.1, 0.15) is 29.8 Å². The molecule has 0 radical (unpaired) electrons. The van der Waals surface area contributed by atoms with Crippen LogP contribution in [0.15, 0.2) is 76.5 Å². The van der Waals surface area contributed by atoms with Crippen molar-refractivity contribution in [1.82, 2.24) is 9.55 Å². The summed E-state index contributed by atoms with van der Waals surface area (Å²) < 4.78 is 7.24. The van der Waals surface area contributed by atoms with Crippen LogP contribution in [0, 0.1) is 6.92 Å². The molecule has 0 aliphatic rings. The molecule has 0 aliphatic heterocycles. The molecule has 0 atom stereocenters. The molecule has 0 fully saturated rings. The molecule has 0 aliphatic carbocycles. The quantitative estimate of drug-likeness (QED) is 0.118. The Labute approximate surface area is 207 Å². The van der Waals surface area contributed by atoms with Crippen molar-refractivity contribution in [2.75, 3.05) is 5.75 Å². The van der Waals surface area contributed by atoms with Crippen LogP contribution in [0.2, 0.25) is 0 Å². The van der Waals surface area contributed by atoms with Crippen LogP contribution >= 0.6 is 23.1 Å². The van der Waals surface area contributed by atoms with Gasteiger partial charge in [0.25, 0.3) is 5.56 Å². The van der Waals surface area contributed by atoms with Crippen LogP contribution in [-0.4, -0.2) is 27.2 Å². The number of nitrogens with zero attached hydrogens (tertiary/aromatic N) is 2. The van der Waals surface area contributed by atoms with Gasteiger partial charge in [-0.3, -0.25) is 14.2 Å². The summed E-state index contributed by atoms with van der Waals surface area (Å²) in [6.45, 7) is 10.1. The summed E-state index contributed by atoms with van der Waals surface area (Å²) in [6.07, 6.45) is 1.75. The first kappa shape index (κ1) is 24.0. The lowest BCUT2D eigenvalue weighted by atomic mass is 10.1. The Bertz CT molecular complexity index is 1380. The van der Waals surface area contributed by atoms with E-state index in [9.17, 15) is 9.59 Å². The molecule has 4 aromatic rings.